The van der Waals surface area contributed by atoms with E-state index in [0.29, 0.717) is 11.8 Å². The van der Waals surface area contributed by atoms with E-state index in [1.54, 1.807) is 12.1 Å². The van der Waals surface area contributed by atoms with Gasteiger partial charge in [0.25, 0.3) is 0 Å². The second-order valence-electron chi connectivity index (χ2n) is 5.33. The van der Waals surface area contributed by atoms with Gasteiger partial charge in [-0.3, -0.25) is 4.79 Å². The molecule has 0 heterocycles. The van der Waals surface area contributed by atoms with Crippen molar-refractivity contribution in [1.82, 2.24) is 0 Å². The predicted molar refractivity (Wildman–Crippen MR) is 67.3 cm³/mol. The molecule has 2 aliphatic rings. The Labute approximate surface area is 106 Å². The molecule has 3 nitrogen and oxygen atoms in total. The van der Waals surface area contributed by atoms with Gasteiger partial charge in [-0.15, -0.1) is 0 Å². The number of fused-ring (bicyclic) bond motifs is 2. The summed E-state index contributed by atoms with van der Waals surface area (Å²) in [6.07, 6.45) is 5.64. The Morgan fingerprint density at radius 2 is 2.06 bits per heavy atom. The molecule has 0 aromatic heterocycles. The number of carbonyl (C=O) groups is 1. The van der Waals surface area contributed by atoms with E-state index in [-0.39, 0.29) is 24.0 Å². The normalized spacial score (nSPS) is 32.9. The fourth-order valence-corrected chi connectivity index (χ4v) is 3.63. The topological polar surface area (TPSA) is 57.5 Å². The van der Waals surface area contributed by atoms with E-state index in [9.17, 15) is 9.90 Å². The number of rotatable bonds is 3. The van der Waals surface area contributed by atoms with E-state index in [1.807, 2.05) is 12.1 Å². The molecular formula is C15H16O3. The van der Waals surface area contributed by atoms with Crippen molar-refractivity contribution in [3.8, 4) is 5.75 Å². The van der Waals surface area contributed by atoms with Gasteiger partial charge >= 0.3 is 5.97 Å². The lowest BCUT2D eigenvalue weighted by Crippen LogP contribution is -2.20. The molecule has 3 heteroatoms. The van der Waals surface area contributed by atoms with Gasteiger partial charge in [-0.05, 0) is 47.8 Å². The third-order valence-corrected chi connectivity index (χ3v) is 4.29. The fraction of sp³-hybridized carbons (Fsp3) is 0.400. The monoisotopic (exact) mass is 244 g/mol. The van der Waals surface area contributed by atoms with Crippen LogP contribution >= 0.6 is 0 Å². The zero-order valence-electron chi connectivity index (χ0n) is 9.99. The molecule has 2 bridgehead atoms. The highest BCUT2D eigenvalue weighted by Gasteiger charge is 2.45. The molecule has 2 N–H and O–H groups in total. The molecule has 0 saturated heterocycles. The minimum atomic E-state index is -0.730. The van der Waals surface area contributed by atoms with Crippen molar-refractivity contribution in [2.24, 2.45) is 17.8 Å². The molecule has 4 atom stereocenters. The number of carboxylic acid groups (broad SMARTS) is 1. The first kappa shape index (κ1) is 11.3. The van der Waals surface area contributed by atoms with Crippen molar-refractivity contribution < 1.29 is 15.0 Å². The molecule has 1 saturated carbocycles. The van der Waals surface area contributed by atoms with Crippen LogP contribution in [0.3, 0.4) is 0 Å². The second-order valence-corrected chi connectivity index (χ2v) is 5.33. The summed E-state index contributed by atoms with van der Waals surface area (Å²) in [7, 11) is 0. The van der Waals surface area contributed by atoms with Crippen LogP contribution < -0.4 is 0 Å². The third kappa shape index (κ3) is 1.80. The van der Waals surface area contributed by atoms with Crippen molar-refractivity contribution >= 4 is 5.97 Å². The molecule has 4 unspecified atom stereocenters. The van der Waals surface area contributed by atoms with Gasteiger partial charge in [-0.2, -0.15) is 0 Å². The first-order valence-corrected chi connectivity index (χ1v) is 6.34. The number of benzene rings is 1. The summed E-state index contributed by atoms with van der Waals surface area (Å²) in [4.78, 5) is 11.0. The number of hydrogen-bond acceptors (Lipinski definition) is 2. The van der Waals surface area contributed by atoms with Crippen molar-refractivity contribution in [3.63, 3.8) is 0 Å². The minimum absolute atomic E-state index is 0.166. The lowest BCUT2D eigenvalue weighted by molar-refractivity contribution is -0.138. The molecule has 1 aromatic carbocycles. The molecule has 94 valence electrons. The van der Waals surface area contributed by atoms with E-state index >= 15 is 0 Å². The molecule has 1 aromatic rings. The summed E-state index contributed by atoms with van der Waals surface area (Å²) in [5, 5.41) is 18.6. The van der Waals surface area contributed by atoms with E-state index < -0.39 is 5.97 Å². The van der Waals surface area contributed by atoms with Gasteiger partial charge in [0.2, 0.25) is 0 Å². The first-order chi connectivity index (χ1) is 8.65. The number of aromatic hydroxyl groups is 1. The summed E-state index contributed by atoms with van der Waals surface area (Å²) < 4.78 is 0. The summed E-state index contributed by atoms with van der Waals surface area (Å²) in [5.41, 5.74) is 1.07. The molecule has 3 rings (SSSR count). The van der Waals surface area contributed by atoms with Gasteiger partial charge in [0, 0.05) is 6.42 Å². The Balaban J connectivity index is 1.94. The average Bonchev–Trinajstić information content (AvgIpc) is 2.88. The molecule has 2 aliphatic carbocycles. The zero-order valence-corrected chi connectivity index (χ0v) is 9.99. The van der Waals surface area contributed by atoms with E-state index in [0.717, 1.165) is 12.0 Å². The van der Waals surface area contributed by atoms with Crippen LogP contribution in [0, 0.1) is 17.8 Å². The van der Waals surface area contributed by atoms with Crippen LogP contribution in [0.1, 0.15) is 24.3 Å². The van der Waals surface area contributed by atoms with Crippen LogP contribution in [-0.4, -0.2) is 16.2 Å². The number of phenols is 1. The maximum atomic E-state index is 11.0. The summed E-state index contributed by atoms with van der Waals surface area (Å²) in [5.74, 6) is 0.751. The lowest BCUT2D eigenvalue weighted by Gasteiger charge is -2.27. The van der Waals surface area contributed by atoms with E-state index in [4.69, 9.17) is 5.11 Å². The average molecular weight is 244 g/mol. The van der Waals surface area contributed by atoms with Gasteiger partial charge in [0.1, 0.15) is 5.75 Å². The Morgan fingerprint density at radius 3 is 2.78 bits per heavy atom. The highest BCUT2D eigenvalue weighted by Crippen LogP contribution is 2.54. The smallest absolute Gasteiger partial charge is 0.303 e. The Kier molecular flexibility index (Phi) is 2.62. The van der Waals surface area contributed by atoms with Crippen LogP contribution in [0.15, 0.2) is 36.4 Å². The van der Waals surface area contributed by atoms with Crippen molar-refractivity contribution in [2.75, 3.05) is 0 Å². The van der Waals surface area contributed by atoms with Crippen LogP contribution in [0.25, 0.3) is 0 Å². The molecule has 0 amide bonds. The maximum Gasteiger partial charge on any atom is 0.303 e. The van der Waals surface area contributed by atoms with E-state index in [1.165, 1.54) is 0 Å². The maximum absolute atomic E-state index is 11.0. The minimum Gasteiger partial charge on any atom is -0.508 e. The van der Waals surface area contributed by atoms with Crippen molar-refractivity contribution in [1.29, 1.82) is 0 Å². The van der Waals surface area contributed by atoms with Gasteiger partial charge in [-0.25, -0.2) is 0 Å². The van der Waals surface area contributed by atoms with Gasteiger partial charge in [0.05, 0.1) is 0 Å². The zero-order chi connectivity index (χ0) is 12.7. The number of allylic oxidation sites excluding steroid dienone is 2. The Hall–Kier alpha value is -1.77. The summed E-state index contributed by atoms with van der Waals surface area (Å²) >= 11 is 0. The summed E-state index contributed by atoms with van der Waals surface area (Å²) in [6, 6.07) is 7.25. The van der Waals surface area contributed by atoms with Crippen LogP contribution in [-0.2, 0) is 4.79 Å². The van der Waals surface area contributed by atoms with Gasteiger partial charge < -0.3 is 10.2 Å². The number of aliphatic carboxylic acids is 1. The highest BCUT2D eigenvalue weighted by atomic mass is 16.4. The lowest BCUT2D eigenvalue weighted by atomic mass is 9.77. The van der Waals surface area contributed by atoms with Crippen LogP contribution in [0.5, 0.6) is 5.75 Å². The SMILES string of the molecule is O=C(O)CC1C2C=CC(C2)C1c1cccc(O)c1. The quantitative estimate of drug-likeness (QED) is 0.804. The second kappa shape index (κ2) is 4.16. The standard InChI is InChI=1S/C15H16O3/c16-12-3-1-2-10(7-12)15-11-5-4-9(6-11)13(15)8-14(17)18/h1-5,7,9,11,13,15-16H,6,8H2,(H,17,18). The van der Waals surface area contributed by atoms with Crippen LogP contribution in [0.2, 0.25) is 0 Å². The van der Waals surface area contributed by atoms with Gasteiger partial charge in [0.15, 0.2) is 0 Å². The fourth-order valence-electron chi connectivity index (χ4n) is 3.63. The van der Waals surface area contributed by atoms with Gasteiger partial charge in [-0.1, -0.05) is 24.3 Å². The molecule has 1 fully saturated rings. The molecule has 0 aliphatic heterocycles. The highest BCUT2D eigenvalue weighted by molar-refractivity contribution is 5.67. The third-order valence-electron chi connectivity index (χ3n) is 4.29. The van der Waals surface area contributed by atoms with Crippen LogP contribution in [0.4, 0.5) is 0 Å². The molecule has 0 spiro atoms. The molecule has 18 heavy (non-hydrogen) atoms. The largest absolute Gasteiger partial charge is 0.508 e. The van der Waals surface area contributed by atoms with E-state index in [2.05, 4.69) is 12.2 Å². The Morgan fingerprint density at radius 1 is 1.28 bits per heavy atom. The number of hydrogen-bond donors (Lipinski definition) is 2. The van der Waals surface area contributed by atoms with Crippen molar-refractivity contribution in [3.05, 3.63) is 42.0 Å². The molecular weight excluding hydrogens is 228 g/mol. The number of carboxylic acids is 1. The first-order valence-electron chi connectivity index (χ1n) is 6.34. The number of phenolic OH excluding ortho intramolecular Hbond substituents is 1. The van der Waals surface area contributed by atoms with Crippen molar-refractivity contribution in [2.45, 2.75) is 18.8 Å². The Bertz CT molecular complexity index is 506. The summed E-state index contributed by atoms with van der Waals surface area (Å²) in [6.45, 7) is 0. The molecule has 0 radical (unpaired) electrons. The predicted octanol–water partition coefficient (Wildman–Crippen LogP) is 2.77.